The van der Waals surface area contributed by atoms with Crippen LogP contribution in [0.4, 0.5) is 18.9 Å². The molecule has 1 aromatic heterocycles. The molecule has 3 amide bonds. The first kappa shape index (κ1) is 29.8. The Morgan fingerprint density at radius 1 is 0.957 bits per heavy atom. The van der Waals surface area contributed by atoms with E-state index in [1.54, 1.807) is 6.07 Å². The van der Waals surface area contributed by atoms with Crippen LogP contribution in [0.3, 0.4) is 0 Å². The lowest BCUT2D eigenvalue weighted by Crippen LogP contribution is -2.42. The van der Waals surface area contributed by atoms with Gasteiger partial charge in [0.1, 0.15) is 5.75 Å². The third-order valence-electron chi connectivity index (χ3n) is 10.5. The SMILES string of the molecule is O=C(COc1cccc([C@H]2c3sc(=O)[nH]c3SC3C4CC(C5C(=O)N(c6ccccc6C(F)(F)F)C(=O)C45)C32)c1)N1CCCCC1. The summed E-state index contributed by atoms with van der Waals surface area (Å²) in [5.41, 5.74) is -0.558. The molecule has 0 spiro atoms. The van der Waals surface area contributed by atoms with Crippen LogP contribution in [-0.2, 0) is 20.6 Å². The van der Waals surface area contributed by atoms with Crippen molar-refractivity contribution in [1.29, 1.82) is 0 Å². The Kier molecular flexibility index (Phi) is 7.13. The standard InChI is InChI=1S/C33H30F3N3O5S2/c34-33(35,36)20-9-2-3-10-21(20)39-30(41)25-18-14-19(26(25)31(39)42)27-24(18)23(28-29(45-27)37-32(43)46-28)16-7-6-8-17(13-16)44-15-22(40)38-11-4-1-5-12-38/h2-3,6-10,13,18-19,23-27H,1,4-5,11-12,14-15H2,(H,37,43)/t18?,19?,23-,24?,25?,26?,27?/m1/s1. The molecule has 2 bridgehead atoms. The summed E-state index contributed by atoms with van der Waals surface area (Å²) in [6.07, 6.45) is -1.04. The number of hydrogen-bond acceptors (Lipinski definition) is 7. The van der Waals surface area contributed by atoms with Crippen molar-refractivity contribution in [2.24, 2.45) is 29.6 Å². The maximum atomic E-state index is 14.0. The van der Waals surface area contributed by atoms with E-state index in [1.807, 2.05) is 23.1 Å². The number of fused-ring (bicyclic) bond motifs is 9. The number of piperidine rings is 1. The predicted molar refractivity (Wildman–Crippen MR) is 165 cm³/mol. The van der Waals surface area contributed by atoms with Crippen LogP contribution in [0.1, 0.15) is 47.6 Å². The molecule has 4 heterocycles. The van der Waals surface area contributed by atoms with Gasteiger partial charge in [-0.3, -0.25) is 19.2 Å². The summed E-state index contributed by atoms with van der Waals surface area (Å²) in [4.78, 5) is 59.4. The second-order valence-electron chi connectivity index (χ2n) is 12.8. The molecular formula is C33H30F3N3O5S2. The van der Waals surface area contributed by atoms with Gasteiger partial charge in [0, 0.05) is 29.1 Å². The smallest absolute Gasteiger partial charge is 0.418 e. The average molecular weight is 670 g/mol. The van der Waals surface area contributed by atoms with Gasteiger partial charge in [0.25, 0.3) is 5.91 Å². The molecule has 2 aromatic carbocycles. The number of carbonyl (C=O) groups is 3. The molecule has 4 fully saturated rings. The maximum absolute atomic E-state index is 14.0. The van der Waals surface area contributed by atoms with Crippen molar-refractivity contribution in [2.75, 3.05) is 24.6 Å². The Morgan fingerprint density at radius 2 is 1.70 bits per heavy atom. The summed E-state index contributed by atoms with van der Waals surface area (Å²) in [6.45, 7) is 1.37. The van der Waals surface area contributed by atoms with Crippen molar-refractivity contribution in [3.8, 4) is 5.75 Å². The summed E-state index contributed by atoms with van der Waals surface area (Å²) < 4.78 is 47.8. The zero-order valence-corrected chi connectivity index (χ0v) is 26.1. The second kappa shape index (κ2) is 11.0. The van der Waals surface area contributed by atoms with Crippen LogP contribution in [-0.4, -0.2) is 52.6 Å². The Hall–Kier alpha value is -3.58. The van der Waals surface area contributed by atoms with Crippen LogP contribution in [0, 0.1) is 29.6 Å². The van der Waals surface area contributed by atoms with E-state index in [0.29, 0.717) is 12.2 Å². The minimum atomic E-state index is -4.73. The van der Waals surface area contributed by atoms with Crippen LogP contribution in [0.25, 0.3) is 0 Å². The second-order valence-corrected chi connectivity index (χ2v) is 15.0. The fraction of sp³-hybridized carbons (Fsp3) is 0.455. The monoisotopic (exact) mass is 669 g/mol. The van der Waals surface area contributed by atoms with E-state index in [1.165, 1.54) is 30.0 Å². The van der Waals surface area contributed by atoms with Crippen LogP contribution in [0.5, 0.6) is 5.75 Å². The normalized spacial score (nSPS) is 29.9. The lowest BCUT2D eigenvalue weighted by molar-refractivity contribution is -0.137. The molecule has 3 aliphatic heterocycles. The van der Waals surface area contributed by atoms with Gasteiger partial charge in [0.05, 0.1) is 28.1 Å². The van der Waals surface area contributed by atoms with Crippen LogP contribution in [0.2, 0.25) is 0 Å². The molecule has 8 rings (SSSR count). The molecule has 8 nitrogen and oxygen atoms in total. The fourth-order valence-electron chi connectivity index (χ4n) is 8.71. The maximum Gasteiger partial charge on any atom is 0.418 e. The molecule has 5 aliphatic rings. The number of thioether (sulfide) groups is 1. The minimum Gasteiger partial charge on any atom is -0.484 e. The zero-order valence-electron chi connectivity index (χ0n) is 24.5. The molecule has 46 heavy (non-hydrogen) atoms. The number of anilines is 1. The summed E-state index contributed by atoms with van der Waals surface area (Å²) >= 11 is 2.63. The Balaban J connectivity index is 1.12. The molecule has 7 atom stereocenters. The van der Waals surface area contributed by atoms with Crippen molar-refractivity contribution in [2.45, 2.75) is 48.1 Å². The number of rotatable bonds is 5. The zero-order chi connectivity index (χ0) is 31.9. The first-order valence-electron chi connectivity index (χ1n) is 15.6. The number of amides is 3. The third kappa shape index (κ3) is 4.63. The minimum absolute atomic E-state index is 0.0643. The molecule has 240 valence electrons. The number of nitrogens with zero attached hydrogens (tertiary/aromatic N) is 2. The van der Waals surface area contributed by atoms with Crippen LogP contribution in [0.15, 0.2) is 58.4 Å². The third-order valence-corrected chi connectivity index (χ3v) is 13.1. The predicted octanol–water partition coefficient (Wildman–Crippen LogP) is 5.52. The lowest BCUT2D eigenvalue weighted by atomic mass is 9.68. The molecule has 6 unspecified atom stereocenters. The van der Waals surface area contributed by atoms with Gasteiger partial charge in [-0.25, -0.2) is 4.90 Å². The topological polar surface area (TPSA) is 99.8 Å². The van der Waals surface area contributed by atoms with E-state index in [-0.39, 0.29) is 46.3 Å². The quantitative estimate of drug-likeness (QED) is 0.359. The van der Waals surface area contributed by atoms with Crippen molar-refractivity contribution in [3.05, 3.63) is 74.2 Å². The van der Waals surface area contributed by atoms with Gasteiger partial charge in [0.15, 0.2) is 6.61 Å². The molecular weight excluding hydrogens is 640 g/mol. The lowest BCUT2D eigenvalue weighted by Gasteiger charge is -2.43. The van der Waals surface area contributed by atoms with E-state index < -0.39 is 41.1 Å². The Morgan fingerprint density at radius 3 is 2.46 bits per heavy atom. The van der Waals surface area contributed by atoms with Crippen LogP contribution >= 0.6 is 23.1 Å². The Bertz CT molecular complexity index is 1800. The number of nitrogens with one attached hydrogen (secondary N) is 1. The van der Waals surface area contributed by atoms with Crippen molar-refractivity contribution >= 4 is 46.5 Å². The summed E-state index contributed by atoms with van der Waals surface area (Å²) in [5.74, 6) is -3.06. The fourth-order valence-corrected chi connectivity index (χ4v) is 11.6. The van der Waals surface area contributed by atoms with Crippen molar-refractivity contribution in [1.82, 2.24) is 9.88 Å². The van der Waals surface area contributed by atoms with E-state index >= 15 is 0 Å². The molecule has 0 radical (unpaired) electrons. The van der Waals surface area contributed by atoms with Crippen molar-refractivity contribution < 1.29 is 32.3 Å². The number of aromatic amines is 1. The number of halogens is 3. The number of benzene rings is 2. The van der Waals surface area contributed by atoms with Gasteiger partial charge in [-0.1, -0.05) is 35.6 Å². The molecule has 2 aliphatic carbocycles. The average Bonchev–Trinajstić information content (AvgIpc) is 3.78. The van der Waals surface area contributed by atoms with Gasteiger partial charge in [0.2, 0.25) is 11.8 Å². The van der Waals surface area contributed by atoms with Crippen molar-refractivity contribution in [3.63, 3.8) is 0 Å². The molecule has 1 N–H and O–H groups in total. The summed E-state index contributed by atoms with van der Waals surface area (Å²) in [6, 6.07) is 12.2. The highest BCUT2D eigenvalue weighted by Crippen LogP contribution is 2.69. The summed E-state index contributed by atoms with van der Waals surface area (Å²) in [5, 5.41) is 0.613. The highest BCUT2D eigenvalue weighted by molar-refractivity contribution is 8.00. The number of thiazole rings is 1. The van der Waals surface area contributed by atoms with Gasteiger partial charge >= 0.3 is 11.0 Å². The van der Waals surface area contributed by atoms with Gasteiger partial charge in [-0.05, 0) is 73.3 Å². The van der Waals surface area contributed by atoms with E-state index in [0.717, 1.165) is 70.1 Å². The number of aromatic nitrogens is 1. The van der Waals surface area contributed by atoms with E-state index in [4.69, 9.17) is 4.74 Å². The first-order valence-corrected chi connectivity index (χ1v) is 17.3. The number of likely N-dealkylation sites (tertiary alicyclic amines) is 1. The van der Waals surface area contributed by atoms with Crippen LogP contribution < -0.4 is 14.5 Å². The number of alkyl halides is 3. The number of ether oxygens (including phenoxy) is 1. The number of hydrogen-bond donors (Lipinski definition) is 1. The Labute approximate surface area is 270 Å². The number of para-hydroxylation sites is 1. The molecule has 13 heteroatoms. The van der Waals surface area contributed by atoms with Gasteiger partial charge in [-0.2, -0.15) is 13.2 Å². The largest absolute Gasteiger partial charge is 0.484 e. The number of imide groups is 1. The number of H-pyrrole nitrogens is 1. The molecule has 2 saturated carbocycles. The number of carbonyl (C=O) groups excluding carboxylic acids is 3. The molecule has 3 aromatic rings. The molecule has 2 saturated heterocycles. The highest BCUT2D eigenvalue weighted by atomic mass is 32.2. The highest BCUT2D eigenvalue weighted by Gasteiger charge is 2.70. The van der Waals surface area contributed by atoms with Gasteiger partial charge < -0.3 is 14.6 Å². The van der Waals surface area contributed by atoms with E-state index in [9.17, 15) is 32.3 Å². The summed E-state index contributed by atoms with van der Waals surface area (Å²) in [7, 11) is 0. The first-order chi connectivity index (χ1) is 22.1. The van der Waals surface area contributed by atoms with Gasteiger partial charge in [-0.15, -0.1) is 11.8 Å². The van der Waals surface area contributed by atoms with E-state index in [2.05, 4.69) is 4.98 Å².